The zero-order chi connectivity index (χ0) is 11.4. The standard InChI is InChI=1S/C14H21NO/c1-11(8-9-16)15-10-12-2-4-13(5-3-12)14-6-7-14/h2-5,11,14-16H,6-10H2,1H3. The first-order valence-corrected chi connectivity index (χ1v) is 6.22. The number of nitrogens with one attached hydrogen (secondary N) is 1. The lowest BCUT2D eigenvalue weighted by atomic mass is 10.1. The van der Waals surface area contributed by atoms with Gasteiger partial charge in [-0.3, -0.25) is 0 Å². The zero-order valence-corrected chi connectivity index (χ0v) is 9.95. The molecule has 0 radical (unpaired) electrons. The van der Waals surface area contributed by atoms with Gasteiger partial charge < -0.3 is 10.4 Å². The fourth-order valence-corrected chi connectivity index (χ4v) is 1.91. The van der Waals surface area contributed by atoms with Gasteiger partial charge in [0.15, 0.2) is 0 Å². The van der Waals surface area contributed by atoms with Gasteiger partial charge >= 0.3 is 0 Å². The summed E-state index contributed by atoms with van der Waals surface area (Å²) < 4.78 is 0. The second kappa shape index (κ2) is 5.46. The van der Waals surface area contributed by atoms with Crippen LogP contribution >= 0.6 is 0 Å². The molecule has 1 aromatic rings. The molecule has 1 atom stereocenters. The SMILES string of the molecule is CC(CCO)NCc1ccc(C2CC2)cc1. The zero-order valence-electron chi connectivity index (χ0n) is 9.95. The molecule has 2 heteroatoms. The van der Waals surface area contributed by atoms with Gasteiger partial charge in [0.25, 0.3) is 0 Å². The monoisotopic (exact) mass is 219 g/mol. The molecule has 16 heavy (non-hydrogen) atoms. The van der Waals surface area contributed by atoms with E-state index in [1.807, 2.05) is 0 Å². The van der Waals surface area contributed by atoms with Crippen LogP contribution in [-0.2, 0) is 6.54 Å². The van der Waals surface area contributed by atoms with E-state index < -0.39 is 0 Å². The molecule has 0 spiro atoms. The lowest BCUT2D eigenvalue weighted by molar-refractivity contribution is 0.268. The maximum absolute atomic E-state index is 8.80. The highest BCUT2D eigenvalue weighted by atomic mass is 16.3. The summed E-state index contributed by atoms with van der Waals surface area (Å²) in [5, 5.41) is 12.2. The van der Waals surface area contributed by atoms with Gasteiger partial charge in [-0.2, -0.15) is 0 Å². The van der Waals surface area contributed by atoms with Crippen LogP contribution in [0.3, 0.4) is 0 Å². The molecule has 88 valence electrons. The molecule has 0 bridgehead atoms. The van der Waals surface area contributed by atoms with E-state index in [0.29, 0.717) is 6.04 Å². The van der Waals surface area contributed by atoms with E-state index in [1.54, 1.807) is 0 Å². The summed E-state index contributed by atoms with van der Waals surface area (Å²) in [7, 11) is 0. The van der Waals surface area contributed by atoms with Crippen molar-refractivity contribution < 1.29 is 5.11 Å². The molecular weight excluding hydrogens is 198 g/mol. The van der Waals surface area contributed by atoms with Gasteiger partial charge in [0.1, 0.15) is 0 Å². The molecule has 0 amide bonds. The van der Waals surface area contributed by atoms with Crippen molar-refractivity contribution in [3.63, 3.8) is 0 Å². The van der Waals surface area contributed by atoms with Crippen molar-refractivity contribution in [1.82, 2.24) is 5.32 Å². The summed E-state index contributed by atoms with van der Waals surface area (Å²) in [6.45, 7) is 3.26. The molecule has 1 unspecified atom stereocenters. The van der Waals surface area contributed by atoms with Crippen LogP contribution in [0.4, 0.5) is 0 Å². The van der Waals surface area contributed by atoms with Gasteiger partial charge in [0.2, 0.25) is 0 Å². The Morgan fingerprint density at radius 1 is 1.31 bits per heavy atom. The summed E-state index contributed by atoms with van der Waals surface area (Å²) in [6, 6.07) is 9.32. The Balaban J connectivity index is 1.80. The highest BCUT2D eigenvalue weighted by Crippen LogP contribution is 2.39. The first-order valence-electron chi connectivity index (χ1n) is 6.22. The Labute approximate surface area is 97.7 Å². The normalized spacial score (nSPS) is 17.4. The fourth-order valence-electron chi connectivity index (χ4n) is 1.91. The Hall–Kier alpha value is -0.860. The van der Waals surface area contributed by atoms with Crippen molar-refractivity contribution in [2.75, 3.05) is 6.61 Å². The van der Waals surface area contributed by atoms with E-state index in [9.17, 15) is 0 Å². The molecule has 2 N–H and O–H groups in total. The third-order valence-corrected chi connectivity index (χ3v) is 3.25. The summed E-state index contributed by atoms with van der Waals surface area (Å²) in [5.74, 6) is 0.843. The van der Waals surface area contributed by atoms with Gasteiger partial charge in [0.05, 0.1) is 0 Å². The predicted molar refractivity (Wildman–Crippen MR) is 66.4 cm³/mol. The number of hydrogen-bond donors (Lipinski definition) is 2. The minimum Gasteiger partial charge on any atom is -0.396 e. The molecule has 0 heterocycles. The number of aliphatic hydroxyl groups is 1. The summed E-state index contributed by atoms with van der Waals surface area (Å²) in [5.41, 5.74) is 2.82. The molecule has 0 aromatic heterocycles. The van der Waals surface area contributed by atoms with Gasteiger partial charge in [0, 0.05) is 19.2 Å². The van der Waals surface area contributed by atoms with Crippen molar-refractivity contribution in [1.29, 1.82) is 0 Å². The van der Waals surface area contributed by atoms with Gasteiger partial charge in [-0.05, 0) is 43.2 Å². The second-order valence-electron chi connectivity index (χ2n) is 4.81. The summed E-state index contributed by atoms with van der Waals surface area (Å²) >= 11 is 0. The van der Waals surface area contributed by atoms with E-state index in [1.165, 1.54) is 24.0 Å². The number of aliphatic hydroxyl groups excluding tert-OH is 1. The lowest BCUT2D eigenvalue weighted by Gasteiger charge is -2.12. The molecule has 1 aliphatic rings. The molecular formula is C14H21NO. The van der Waals surface area contributed by atoms with Crippen LogP contribution in [0.2, 0.25) is 0 Å². The summed E-state index contributed by atoms with van der Waals surface area (Å²) in [6.07, 6.45) is 3.55. The van der Waals surface area contributed by atoms with E-state index in [2.05, 4.69) is 36.5 Å². The van der Waals surface area contributed by atoms with Crippen LogP contribution in [0, 0.1) is 0 Å². The molecule has 2 rings (SSSR count). The Kier molecular flexibility index (Phi) is 3.97. The molecule has 0 aliphatic heterocycles. The molecule has 1 aromatic carbocycles. The van der Waals surface area contributed by atoms with Gasteiger partial charge in [-0.1, -0.05) is 24.3 Å². The van der Waals surface area contributed by atoms with Crippen molar-refractivity contribution >= 4 is 0 Å². The van der Waals surface area contributed by atoms with Crippen molar-refractivity contribution in [3.8, 4) is 0 Å². The third kappa shape index (κ3) is 3.32. The van der Waals surface area contributed by atoms with E-state index >= 15 is 0 Å². The number of hydrogen-bond acceptors (Lipinski definition) is 2. The topological polar surface area (TPSA) is 32.3 Å². The first-order chi connectivity index (χ1) is 7.79. The minimum atomic E-state index is 0.259. The van der Waals surface area contributed by atoms with Crippen LogP contribution in [0.5, 0.6) is 0 Å². The second-order valence-corrected chi connectivity index (χ2v) is 4.81. The van der Waals surface area contributed by atoms with Crippen molar-refractivity contribution in [3.05, 3.63) is 35.4 Å². The lowest BCUT2D eigenvalue weighted by Crippen LogP contribution is -2.26. The molecule has 1 fully saturated rings. The highest BCUT2D eigenvalue weighted by molar-refractivity contribution is 5.27. The first kappa shape index (κ1) is 11.6. The molecule has 1 aliphatic carbocycles. The smallest absolute Gasteiger partial charge is 0.0445 e. The summed E-state index contributed by atoms with van der Waals surface area (Å²) in [4.78, 5) is 0. The molecule has 2 nitrogen and oxygen atoms in total. The van der Waals surface area contributed by atoms with Crippen LogP contribution < -0.4 is 5.32 Å². The third-order valence-electron chi connectivity index (χ3n) is 3.25. The quantitative estimate of drug-likeness (QED) is 0.770. The largest absolute Gasteiger partial charge is 0.396 e. The average molecular weight is 219 g/mol. The molecule has 0 saturated heterocycles. The Morgan fingerprint density at radius 2 is 2.00 bits per heavy atom. The van der Waals surface area contributed by atoms with Crippen molar-refractivity contribution in [2.45, 2.75) is 44.7 Å². The Bertz CT molecular complexity index is 316. The predicted octanol–water partition coefficient (Wildman–Crippen LogP) is 2.42. The minimum absolute atomic E-state index is 0.259. The van der Waals surface area contributed by atoms with Gasteiger partial charge in [-0.15, -0.1) is 0 Å². The number of benzene rings is 1. The van der Waals surface area contributed by atoms with Crippen LogP contribution in [0.1, 0.15) is 43.2 Å². The van der Waals surface area contributed by atoms with E-state index in [4.69, 9.17) is 5.11 Å². The number of rotatable bonds is 6. The fraction of sp³-hybridized carbons (Fsp3) is 0.571. The van der Waals surface area contributed by atoms with E-state index in [0.717, 1.165) is 18.9 Å². The molecule has 1 saturated carbocycles. The Morgan fingerprint density at radius 3 is 2.56 bits per heavy atom. The van der Waals surface area contributed by atoms with E-state index in [-0.39, 0.29) is 6.61 Å². The van der Waals surface area contributed by atoms with Crippen molar-refractivity contribution in [2.24, 2.45) is 0 Å². The van der Waals surface area contributed by atoms with Crippen LogP contribution in [0.15, 0.2) is 24.3 Å². The van der Waals surface area contributed by atoms with Gasteiger partial charge in [-0.25, -0.2) is 0 Å². The van der Waals surface area contributed by atoms with Crippen LogP contribution in [-0.4, -0.2) is 17.8 Å². The average Bonchev–Trinajstić information content (AvgIpc) is 3.11. The van der Waals surface area contributed by atoms with Crippen LogP contribution in [0.25, 0.3) is 0 Å². The maximum atomic E-state index is 8.80. The highest BCUT2D eigenvalue weighted by Gasteiger charge is 2.22. The maximum Gasteiger partial charge on any atom is 0.0445 e.